The van der Waals surface area contributed by atoms with Gasteiger partial charge in [-0.25, -0.2) is 0 Å². The number of aromatic nitrogens is 2. The third-order valence-electron chi connectivity index (χ3n) is 4.29. The molecule has 7 heteroatoms. The van der Waals surface area contributed by atoms with Crippen LogP contribution in [-0.4, -0.2) is 28.7 Å². The van der Waals surface area contributed by atoms with Gasteiger partial charge in [-0.05, 0) is 37.8 Å². The molecule has 2 atom stereocenters. The molecular weight excluding hydrogens is 306 g/mol. The second-order valence-electron chi connectivity index (χ2n) is 6.31. The Morgan fingerprint density at radius 3 is 2.83 bits per heavy atom. The summed E-state index contributed by atoms with van der Waals surface area (Å²) in [4.78, 5) is 8.83. The fourth-order valence-electron chi connectivity index (χ4n) is 2.82. The lowest BCUT2D eigenvalue weighted by Crippen LogP contribution is -2.24. The first-order valence-corrected chi connectivity index (χ1v) is 8.39. The molecule has 2 aliphatic rings. The van der Waals surface area contributed by atoms with Crippen LogP contribution in [0.4, 0.5) is 5.69 Å². The van der Waals surface area contributed by atoms with Gasteiger partial charge in [-0.2, -0.15) is 4.98 Å². The van der Waals surface area contributed by atoms with Gasteiger partial charge >= 0.3 is 0 Å². The molecule has 24 heavy (non-hydrogen) atoms. The average molecular weight is 327 g/mol. The number of nitrogens with two attached hydrogens (primary N) is 1. The van der Waals surface area contributed by atoms with E-state index in [9.17, 15) is 0 Å². The van der Waals surface area contributed by atoms with Crippen molar-refractivity contribution in [3.8, 4) is 0 Å². The van der Waals surface area contributed by atoms with Gasteiger partial charge in [-0.1, -0.05) is 23.4 Å². The zero-order valence-electron chi connectivity index (χ0n) is 13.4. The van der Waals surface area contributed by atoms with Crippen molar-refractivity contribution in [1.29, 1.82) is 0 Å². The number of aliphatic imine (C=N–C) groups is 1. The Balaban J connectivity index is 1.29. The second kappa shape index (κ2) is 6.60. The molecule has 1 saturated carbocycles. The first-order chi connectivity index (χ1) is 11.8. The standard InChI is InChI=1S/C17H21N5O2/c18-17(20-12-4-2-1-3-5-12)19-10-13-8-9-14(23-13)16-21-15(22-24-16)11-6-7-11/h1-5,11,13-14H,6-10H2,(H3,18,19,20)/t13-,14+/m1/s1. The maximum absolute atomic E-state index is 5.97. The van der Waals surface area contributed by atoms with Gasteiger partial charge in [-0.3, -0.25) is 4.99 Å². The fraction of sp³-hybridized carbons (Fsp3) is 0.471. The van der Waals surface area contributed by atoms with E-state index in [-0.39, 0.29) is 12.2 Å². The molecule has 126 valence electrons. The minimum atomic E-state index is -0.117. The first-order valence-electron chi connectivity index (χ1n) is 8.39. The molecule has 0 amide bonds. The highest BCUT2D eigenvalue weighted by Crippen LogP contribution is 2.39. The summed E-state index contributed by atoms with van der Waals surface area (Å²) in [6.45, 7) is 0.520. The van der Waals surface area contributed by atoms with Crippen LogP contribution in [0, 0.1) is 0 Å². The molecule has 2 aromatic rings. The van der Waals surface area contributed by atoms with Gasteiger partial charge in [0.05, 0.1) is 12.6 Å². The number of nitrogens with zero attached hydrogens (tertiary/aromatic N) is 3. The molecule has 0 unspecified atom stereocenters. The number of nitrogens with one attached hydrogen (secondary N) is 1. The molecule has 1 aliphatic carbocycles. The van der Waals surface area contributed by atoms with E-state index >= 15 is 0 Å². The molecule has 1 aliphatic heterocycles. The lowest BCUT2D eigenvalue weighted by molar-refractivity contribution is 0.0309. The third kappa shape index (κ3) is 3.56. The van der Waals surface area contributed by atoms with Gasteiger partial charge in [0.25, 0.3) is 5.89 Å². The highest BCUT2D eigenvalue weighted by molar-refractivity contribution is 5.92. The summed E-state index contributed by atoms with van der Waals surface area (Å²) >= 11 is 0. The van der Waals surface area contributed by atoms with Crippen LogP contribution in [-0.2, 0) is 4.74 Å². The molecule has 3 N–H and O–H groups in total. The average Bonchev–Trinajstić information content (AvgIpc) is 3.14. The molecule has 1 aromatic heterocycles. The summed E-state index contributed by atoms with van der Waals surface area (Å²) in [5.74, 6) is 2.31. The van der Waals surface area contributed by atoms with Crippen LogP contribution in [0.1, 0.15) is 49.4 Å². The number of hydrogen-bond acceptors (Lipinski definition) is 5. The van der Waals surface area contributed by atoms with Crippen molar-refractivity contribution < 1.29 is 9.26 Å². The molecule has 4 rings (SSSR count). The van der Waals surface area contributed by atoms with Crippen LogP contribution in [0.3, 0.4) is 0 Å². The molecule has 0 bridgehead atoms. The summed E-state index contributed by atoms with van der Waals surface area (Å²) in [6.07, 6.45) is 4.02. The van der Waals surface area contributed by atoms with Crippen molar-refractivity contribution in [1.82, 2.24) is 10.1 Å². The van der Waals surface area contributed by atoms with Gasteiger partial charge in [0.1, 0.15) is 6.10 Å². The second-order valence-corrected chi connectivity index (χ2v) is 6.31. The van der Waals surface area contributed by atoms with Gasteiger partial charge in [-0.15, -0.1) is 0 Å². The predicted octanol–water partition coefficient (Wildman–Crippen LogP) is 2.59. The van der Waals surface area contributed by atoms with Crippen molar-refractivity contribution >= 4 is 11.6 Å². The Kier molecular flexibility index (Phi) is 4.17. The van der Waals surface area contributed by atoms with Gasteiger partial charge < -0.3 is 20.3 Å². The highest BCUT2D eigenvalue weighted by Gasteiger charge is 2.34. The minimum absolute atomic E-state index is 0.0300. The molecule has 0 radical (unpaired) electrons. The summed E-state index contributed by atoms with van der Waals surface area (Å²) in [5, 5.41) is 7.11. The summed E-state index contributed by atoms with van der Waals surface area (Å²) < 4.78 is 11.3. The fourth-order valence-corrected chi connectivity index (χ4v) is 2.82. The van der Waals surface area contributed by atoms with Crippen molar-refractivity contribution in [2.24, 2.45) is 10.7 Å². The maximum Gasteiger partial charge on any atom is 0.255 e. The van der Waals surface area contributed by atoms with Crippen LogP contribution in [0.2, 0.25) is 0 Å². The van der Waals surface area contributed by atoms with Gasteiger partial charge in [0, 0.05) is 11.6 Å². The largest absolute Gasteiger partial charge is 0.370 e. The van der Waals surface area contributed by atoms with Crippen LogP contribution in [0.5, 0.6) is 0 Å². The van der Waals surface area contributed by atoms with Crippen molar-refractivity contribution in [3.63, 3.8) is 0 Å². The Hall–Kier alpha value is -2.41. The lowest BCUT2D eigenvalue weighted by Gasteiger charge is -2.10. The van der Waals surface area contributed by atoms with Crippen molar-refractivity contribution in [2.75, 3.05) is 11.9 Å². The van der Waals surface area contributed by atoms with E-state index in [2.05, 4.69) is 20.4 Å². The Bertz CT molecular complexity index is 711. The van der Waals surface area contributed by atoms with E-state index in [1.165, 1.54) is 0 Å². The number of anilines is 1. The van der Waals surface area contributed by atoms with E-state index < -0.39 is 0 Å². The monoisotopic (exact) mass is 327 g/mol. The van der Waals surface area contributed by atoms with E-state index in [1.54, 1.807) is 0 Å². The van der Waals surface area contributed by atoms with Crippen LogP contribution >= 0.6 is 0 Å². The van der Waals surface area contributed by atoms with E-state index in [4.69, 9.17) is 15.0 Å². The van der Waals surface area contributed by atoms with Crippen LogP contribution in [0.15, 0.2) is 39.8 Å². The number of guanidine groups is 1. The van der Waals surface area contributed by atoms with E-state index in [1.807, 2.05) is 30.3 Å². The van der Waals surface area contributed by atoms with E-state index in [0.29, 0.717) is 24.3 Å². The number of benzene rings is 1. The lowest BCUT2D eigenvalue weighted by atomic mass is 10.2. The number of hydrogen-bond donors (Lipinski definition) is 2. The number of para-hydroxylation sites is 1. The molecule has 1 aromatic carbocycles. The third-order valence-corrected chi connectivity index (χ3v) is 4.29. The summed E-state index contributed by atoms with van der Waals surface area (Å²) in [6, 6.07) is 9.73. The molecule has 2 heterocycles. The molecule has 1 saturated heterocycles. The number of rotatable bonds is 5. The maximum atomic E-state index is 5.97. The van der Waals surface area contributed by atoms with E-state index in [0.717, 1.165) is 37.2 Å². The Labute approximate surface area is 140 Å². The zero-order valence-corrected chi connectivity index (χ0v) is 13.4. The minimum Gasteiger partial charge on any atom is -0.370 e. The summed E-state index contributed by atoms with van der Waals surface area (Å²) in [7, 11) is 0. The van der Waals surface area contributed by atoms with Crippen LogP contribution in [0.25, 0.3) is 0 Å². The molecule has 0 spiro atoms. The normalized spacial score (nSPS) is 24.2. The zero-order chi connectivity index (χ0) is 16.4. The van der Waals surface area contributed by atoms with Gasteiger partial charge in [0.2, 0.25) is 0 Å². The molecule has 2 fully saturated rings. The predicted molar refractivity (Wildman–Crippen MR) is 89.7 cm³/mol. The topological polar surface area (TPSA) is 98.6 Å². The van der Waals surface area contributed by atoms with Crippen molar-refractivity contribution in [2.45, 2.75) is 43.8 Å². The molecule has 7 nitrogen and oxygen atoms in total. The summed E-state index contributed by atoms with van der Waals surface area (Å²) in [5.41, 5.74) is 6.83. The Morgan fingerprint density at radius 1 is 1.21 bits per heavy atom. The first kappa shape index (κ1) is 15.1. The smallest absolute Gasteiger partial charge is 0.255 e. The quantitative estimate of drug-likeness (QED) is 0.647. The Morgan fingerprint density at radius 2 is 2.04 bits per heavy atom. The number of ether oxygens (including phenoxy) is 1. The SMILES string of the molecule is NC(=NC[C@H]1CC[C@@H](c2nc(C3CC3)no2)O1)Nc1ccccc1. The van der Waals surface area contributed by atoms with Gasteiger partial charge in [0.15, 0.2) is 11.8 Å². The van der Waals surface area contributed by atoms with Crippen LogP contribution < -0.4 is 11.1 Å². The van der Waals surface area contributed by atoms with Crippen molar-refractivity contribution in [3.05, 3.63) is 42.0 Å². The molecular formula is C17H21N5O2. The highest BCUT2D eigenvalue weighted by atomic mass is 16.5.